The number of aromatic nitrogens is 1. The lowest BCUT2D eigenvalue weighted by Gasteiger charge is -2.16. The highest BCUT2D eigenvalue weighted by Gasteiger charge is 2.38. The highest BCUT2D eigenvalue weighted by Crippen LogP contribution is 2.24. The van der Waals surface area contributed by atoms with E-state index >= 15 is 0 Å². The van der Waals surface area contributed by atoms with Gasteiger partial charge in [0.25, 0.3) is 0 Å². The van der Waals surface area contributed by atoms with Crippen molar-refractivity contribution in [3.05, 3.63) is 23.9 Å². The maximum absolute atomic E-state index is 12.3. The molecule has 18 heavy (non-hydrogen) atoms. The monoisotopic (exact) mass is 260 g/mol. The number of pyridine rings is 1. The van der Waals surface area contributed by atoms with Gasteiger partial charge in [0.05, 0.1) is 0 Å². The van der Waals surface area contributed by atoms with Crippen LogP contribution in [0, 0.1) is 0 Å². The molecule has 1 heterocycles. The Morgan fingerprint density at radius 3 is 2.67 bits per heavy atom. The lowest BCUT2D eigenvalue weighted by molar-refractivity contribution is -0.189. The zero-order valence-corrected chi connectivity index (χ0v) is 10.00. The third-order valence-electron chi connectivity index (χ3n) is 2.73. The van der Waals surface area contributed by atoms with Crippen molar-refractivity contribution in [2.45, 2.75) is 44.6 Å². The largest absolute Gasteiger partial charge is 0.465 e. The molecule has 1 atom stereocenters. The maximum atomic E-state index is 12.3. The molecule has 1 fully saturated rings. The van der Waals surface area contributed by atoms with Crippen molar-refractivity contribution in [1.82, 2.24) is 10.3 Å². The summed E-state index contributed by atoms with van der Waals surface area (Å²) in [4.78, 5) is 3.87. The molecule has 0 spiro atoms. The van der Waals surface area contributed by atoms with Gasteiger partial charge in [-0.05, 0) is 25.3 Å². The standard InChI is InChI=1S/C12H15F3N2O/c1-8(12(13,14)15)18-11-5-2-9(7-17-11)6-16-10-3-4-10/h2,5,7-8,10,16H,3-4,6H2,1H3. The first-order chi connectivity index (χ1) is 8.45. The maximum Gasteiger partial charge on any atom is 0.425 e. The van der Waals surface area contributed by atoms with Crippen molar-refractivity contribution in [3.63, 3.8) is 0 Å². The number of ether oxygens (including phenoxy) is 1. The molecule has 1 aromatic heterocycles. The smallest absolute Gasteiger partial charge is 0.425 e. The molecule has 0 radical (unpaired) electrons. The number of alkyl halides is 3. The topological polar surface area (TPSA) is 34.1 Å². The molecule has 2 rings (SSSR count). The summed E-state index contributed by atoms with van der Waals surface area (Å²) < 4.78 is 41.5. The molecule has 1 aromatic rings. The van der Waals surface area contributed by atoms with Gasteiger partial charge in [0, 0.05) is 24.8 Å². The molecule has 3 nitrogen and oxygen atoms in total. The summed E-state index contributed by atoms with van der Waals surface area (Å²) in [6.07, 6.45) is -2.29. The summed E-state index contributed by atoms with van der Waals surface area (Å²) in [6, 6.07) is 3.78. The zero-order chi connectivity index (χ0) is 13.2. The van der Waals surface area contributed by atoms with E-state index in [1.165, 1.54) is 25.1 Å². The minimum atomic E-state index is -4.37. The molecule has 1 unspecified atom stereocenters. The lowest BCUT2D eigenvalue weighted by atomic mass is 10.3. The fourth-order valence-corrected chi connectivity index (χ4v) is 1.38. The van der Waals surface area contributed by atoms with Crippen molar-refractivity contribution in [3.8, 4) is 5.88 Å². The Labute approximate surface area is 103 Å². The van der Waals surface area contributed by atoms with Crippen molar-refractivity contribution >= 4 is 0 Å². The van der Waals surface area contributed by atoms with Crippen molar-refractivity contribution in [2.24, 2.45) is 0 Å². The molecule has 1 saturated carbocycles. The summed E-state index contributed by atoms with van der Waals surface area (Å²) in [5, 5.41) is 3.30. The quantitative estimate of drug-likeness (QED) is 0.883. The molecule has 0 aromatic carbocycles. The minimum absolute atomic E-state index is 0.00463. The molecule has 0 amide bonds. The number of nitrogens with one attached hydrogen (secondary N) is 1. The second-order valence-corrected chi connectivity index (χ2v) is 4.46. The molecule has 100 valence electrons. The number of hydrogen-bond donors (Lipinski definition) is 1. The molecular weight excluding hydrogens is 245 g/mol. The number of hydrogen-bond acceptors (Lipinski definition) is 3. The van der Waals surface area contributed by atoms with Gasteiger partial charge in [-0.25, -0.2) is 4.98 Å². The van der Waals surface area contributed by atoms with E-state index in [0.717, 1.165) is 12.5 Å². The van der Waals surface area contributed by atoms with E-state index < -0.39 is 12.3 Å². The second-order valence-electron chi connectivity index (χ2n) is 4.46. The fraction of sp³-hybridized carbons (Fsp3) is 0.583. The molecular formula is C12H15F3N2O. The van der Waals surface area contributed by atoms with Crippen LogP contribution in [0.5, 0.6) is 5.88 Å². The average Bonchev–Trinajstić information content (AvgIpc) is 3.11. The van der Waals surface area contributed by atoms with Crippen LogP contribution in [-0.2, 0) is 6.54 Å². The fourth-order valence-electron chi connectivity index (χ4n) is 1.38. The van der Waals surface area contributed by atoms with E-state index in [0.29, 0.717) is 12.6 Å². The summed E-state index contributed by atoms with van der Waals surface area (Å²) in [7, 11) is 0. The normalized spacial score (nSPS) is 17.6. The van der Waals surface area contributed by atoms with Crippen LogP contribution in [0.15, 0.2) is 18.3 Å². The van der Waals surface area contributed by atoms with Crippen LogP contribution in [0.2, 0.25) is 0 Å². The summed E-state index contributed by atoms with van der Waals surface area (Å²) in [6.45, 7) is 1.65. The molecule has 1 N–H and O–H groups in total. The van der Waals surface area contributed by atoms with E-state index in [2.05, 4.69) is 10.3 Å². The van der Waals surface area contributed by atoms with Crippen LogP contribution in [0.3, 0.4) is 0 Å². The molecule has 1 aliphatic carbocycles. The Bertz CT molecular complexity index is 387. The Hall–Kier alpha value is -1.30. The summed E-state index contributed by atoms with van der Waals surface area (Å²) >= 11 is 0. The first kappa shape index (κ1) is 13.1. The van der Waals surface area contributed by atoms with Crippen molar-refractivity contribution < 1.29 is 17.9 Å². The van der Waals surface area contributed by atoms with E-state index in [9.17, 15) is 13.2 Å². The van der Waals surface area contributed by atoms with E-state index in [4.69, 9.17) is 4.74 Å². The number of nitrogens with zero attached hydrogens (tertiary/aromatic N) is 1. The van der Waals surface area contributed by atoms with Gasteiger partial charge in [0.2, 0.25) is 5.88 Å². The van der Waals surface area contributed by atoms with E-state index in [1.54, 1.807) is 6.07 Å². The average molecular weight is 260 g/mol. The molecule has 0 bridgehead atoms. The van der Waals surface area contributed by atoms with Gasteiger partial charge in [-0.2, -0.15) is 13.2 Å². The second kappa shape index (κ2) is 5.14. The van der Waals surface area contributed by atoms with Crippen LogP contribution in [0.1, 0.15) is 25.3 Å². The van der Waals surface area contributed by atoms with Crippen LogP contribution < -0.4 is 10.1 Å². The third-order valence-corrected chi connectivity index (χ3v) is 2.73. The Morgan fingerprint density at radius 1 is 1.44 bits per heavy atom. The Morgan fingerprint density at radius 2 is 2.17 bits per heavy atom. The van der Waals surface area contributed by atoms with Gasteiger partial charge in [0.1, 0.15) is 0 Å². The number of halogens is 3. The van der Waals surface area contributed by atoms with E-state index in [1.807, 2.05) is 0 Å². The van der Waals surface area contributed by atoms with Gasteiger partial charge >= 0.3 is 6.18 Å². The van der Waals surface area contributed by atoms with Gasteiger partial charge < -0.3 is 10.1 Å². The van der Waals surface area contributed by atoms with Gasteiger partial charge in [0.15, 0.2) is 6.10 Å². The predicted octanol–water partition coefficient (Wildman–Crippen LogP) is 2.66. The molecule has 1 aliphatic rings. The van der Waals surface area contributed by atoms with Gasteiger partial charge in [-0.1, -0.05) is 6.07 Å². The first-order valence-electron chi connectivity index (χ1n) is 5.87. The van der Waals surface area contributed by atoms with Crippen molar-refractivity contribution in [1.29, 1.82) is 0 Å². The molecule has 0 aliphatic heterocycles. The third kappa shape index (κ3) is 3.87. The summed E-state index contributed by atoms with van der Waals surface area (Å²) in [5.74, 6) is -0.00463. The summed E-state index contributed by atoms with van der Waals surface area (Å²) in [5.41, 5.74) is 0.939. The predicted molar refractivity (Wildman–Crippen MR) is 60.2 cm³/mol. The first-order valence-corrected chi connectivity index (χ1v) is 5.87. The Balaban J connectivity index is 1.86. The SMILES string of the molecule is CC(Oc1ccc(CNC2CC2)cn1)C(F)(F)F. The highest BCUT2D eigenvalue weighted by atomic mass is 19.4. The zero-order valence-electron chi connectivity index (χ0n) is 10.00. The van der Waals surface area contributed by atoms with Crippen LogP contribution in [0.25, 0.3) is 0 Å². The van der Waals surface area contributed by atoms with Gasteiger partial charge in [-0.3, -0.25) is 0 Å². The van der Waals surface area contributed by atoms with Crippen LogP contribution >= 0.6 is 0 Å². The lowest BCUT2D eigenvalue weighted by Crippen LogP contribution is -2.31. The van der Waals surface area contributed by atoms with Crippen LogP contribution in [0.4, 0.5) is 13.2 Å². The van der Waals surface area contributed by atoms with Gasteiger partial charge in [-0.15, -0.1) is 0 Å². The minimum Gasteiger partial charge on any atom is -0.465 e. The van der Waals surface area contributed by atoms with Crippen LogP contribution in [-0.4, -0.2) is 23.3 Å². The van der Waals surface area contributed by atoms with Crippen molar-refractivity contribution in [2.75, 3.05) is 0 Å². The molecule has 0 saturated heterocycles. The van der Waals surface area contributed by atoms with E-state index in [-0.39, 0.29) is 5.88 Å². The Kier molecular flexibility index (Phi) is 3.75. The highest BCUT2D eigenvalue weighted by molar-refractivity contribution is 5.18. The number of rotatable bonds is 5. The molecule has 6 heteroatoms.